The van der Waals surface area contributed by atoms with Crippen molar-refractivity contribution in [2.75, 3.05) is 7.11 Å². The topological polar surface area (TPSA) is 59.4 Å². The van der Waals surface area contributed by atoms with Crippen molar-refractivity contribution in [2.24, 2.45) is 0 Å². The third-order valence-electron chi connectivity index (χ3n) is 3.44. The van der Waals surface area contributed by atoms with Gasteiger partial charge < -0.3 is 9.84 Å². The Morgan fingerprint density at radius 3 is 2.83 bits per heavy atom. The highest BCUT2D eigenvalue weighted by atomic mass is 32.1. The predicted molar refractivity (Wildman–Crippen MR) is 92.4 cm³/mol. The van der Waals surface area contributed by atoms with Gasteiger partial charge >= 0.3 is 0 Å². The average molecular weight is 325 g/mol. The summed E-state index contributed by atoms with van der Waals surface area (Å²) >= 11 is 1.38. The summed E-state index contributed by atoms with van der Waals surface area (Å²) in [5.41, 5.74) is 2.31. The number of ketones is 1. The van der Waals surface area contributed by atoms with Crippen LogP contribution in [0.1, 0.15) is 20.9 Å². The number of hydrogen-bond acceptors (Lipinski definition) is 5. The number of aromatic hydroxyl groups is 1. The predicted octanol–water partition coefficient (Wildman–Crippen LogP) is 4.22. The van der Waals surface area contributed by atoms with Crippen molar-refractivity contribution in [3.63, 3.8) is 0 Å². The van der Waals surface area contributed by atoms with Crippen LogP contribution in [0.3, 0.4) is 0 Å². The van der Waals surface area contributed by atoms with E-state index in [1.54, 1.807) is 25.1 Å². The van der Waals surface area contributed by atoms with Gasteiger partial charge in [-0.2, -0.15) is 0 Å². The number of ether oxygens (including phenoxy) is 1. The van der Waals surface area contributed by atoms with Gasteiger partial charge in [-0.15, -0.1) is 11.3 Å². The maximum atomic E-state index is 12.3. The summed E-state index contributed by atoms with van der Waals surface area (Å²) in [7, 11) is 1.49. The van der Waals surface area contributed by atoms with Crippen LogP contribution in [-0.4, -0.2) is 23.0 Å². The summed E-state index contributed by atoms with van der Waals surface area (Å²) in [5, 5.41) is 10.3. The van der Waals surface area contributed by atoms with Crippen molar-refractivity contribution in [1.82, 2.24) is 4.98 Å². The number of carbonyl (C=O) groups excluding carboxylic acids is 1. The molecule has 1 N–H and O–H groups in total. The molecule has 3 aromatic rings. The SMILES string of the molecule is COc1cc(/C=C/C(=O)c2nc3ccccc3s2)cc(C)c1O. The molecule has 3 rings (SSSR count). The highest BCUT2D eigenvalue weighted by molar-refractivity contribution is 7.20. The van der Waals surface area contributed by atoms with Gasteiger partial charge in [0.2, 0.25) is 5.78 Å². The monoisotopic (exact) mass is 325 g/mol. The van der Waals surface area contributed by atoms with Gasteiger partial charge in [0.05, 0.1) is 17.3 Å². The summed E-state index contributed by atoms with van der Waals surface area (Å²) in [5.74, 6) is 0.357. The zero-order chi connectivity index (χ0) is 16.4. The Bertz CT molecular complexity index is 879. The molecule has 2 aromatic carbocycles. The summed E-state index contributed by atoms with van der Waals surface area (Å²) < 4.78 is 6.11. The van der Waals surface area contributed by atoms with Crippen LogP contribution in [0.15, 0.2) is 42.5 Å². The minimum Gasteiger partial charge on any atom is -0.504 e. The van der Waals surface area contributed by atoms with Crippen LogP contribution in [0.4, 0.5) is 0 Å². The van der Waals surface area contributed by atoms with Crippen LogP contribution in [0.2, 0.25) is 0 Å². The molecule has 5 heteroatoms. The number of rotatable bonds is 4. The molecule has 0 unspecified atom stereocenters. The Labute approximate surface area is 137 Å². The number of fused-ring (bicyclic) bond motifs is 1. The highest BCUT2D eigenvalue weighted by Gasteiger charge is 2.10. The third-order valence-corrected chi connectivity index (χ3v) is 4.49. The number of thiazole rings is 1. The second kappa shape index (κ2) is 6.22. The number of hydrogen-bond donors (Lipinski definition) is 1. The van der Waals surface area contributed by atoms with Gasteiger partial charge in [0.25, 0.3) is 0 Å². The second-order valence-electron chi connectivity index (χ2n) is 5.07. The molecule has 1 heterocycles. The van der Waals surface area contributed by atoms with Gasteiger partial charge in [-0.1, -0.05) is 18.2 Å². The second-order valence-corrected chi connectivity index (χ2v) is 6.10. The molecule has 0 aliphatic carbocycles. The number of allylic oxidation sites excluding steroid dienone is 1. The fourth-order valence-corrected chi connectivity index (χ4v) is 3.13. The Balaban J connectivity index is 1.87. The van der Waals surface area contributed by atoms with Crippen molar-refractivity contribution in [2.45, 2.75) is 6.92 Å². The molecule has 0 atom stereocenters. The van der Waals surface area contributed by atoms with Crippen LogP contribution >= 0.6 is 11.3 Å². The average Bonchev–Trinajstić information content (AvgIpc) is 2.99. The molecule has 0 saturated heterocycles. The lowest BCUT2D eigenvalue weighted by Crippen LogP contribution is -1.92. The Morgan fingerprint density at radius 2 is 2.09 bits per heavy atom. The molecular weight excluding hydrogens is 310 g/mol. The number of para-hydroxylation sites is 1. The van der Waals surface area contributed by atoms with Crippen molar-refractivity contribution in [3.05, 3.63) is 58.6 Å². The first-order valence-corrected chi connectivity index (χ1v) is 7.85. The van der Waals surface area contributed by atoms with Gasteiger partial charge in [0, 0.05) is 0 Å². The van der Waals surface area contributed by atoms with Gasteiger partial charge in [-0.3, -0.25) is 4.79 Å². The van der Waals surface area contributed by atoms with E-state index in [0.29, 0.717) is 16.3 Å². The molecule has 116 valence electrons. The number of nitrogens with zero attached hydrogens (tertiary/aromatic N) is 1. The smallest absolute Gasteiger partial charge is 0.214 e. The zero-order valence-corrected chi connectivity index (χ0v) is 13.6. The maximum Gasteiger partial charge on any atom is 0.214 e. The largest absolute Gasteiger partial charge is 0.504 e. The number of aromatic nitrogens is 1. The number of aryl methyl sites for hydroxylation is 1. The minimum atomic E-state index is -0.143. The molecule has 0 aliphatic heterocycles. The highest BCUT2D eigenvalue weighted by Crippen LogP contribution is 2.31. The van der Waals surface area contributed by atoms with Crippen LogP contribution in [-0.2, 0) is 0 Å². The standard InChI is InChI=1S/C18H15NO3S/c1-11-9-12(10-15(22-2)17(11)21)7-8-14(20)18-19-13-5-3-4-6-16(13)23-18/h3-10,21H,1-2H3/b8-7+. The number of phenols is 1. The van der Waals surface area contributed by atoms with Gasteiger partial charge in [-0.05, 0) is 48.4 Å². The van der Waals surface area contributed by atoms with E-state index in [2.05, 4.69) is 4.98 Å². The molecule has 1 aromatic heterocycles. The van der Waals surface area contributed by atoms with E-state index >= 15 is 0 Å². The summed E-state index contributed by atoms with van der Waals surface area (Å²) in [6.45, 7) is 1.78. The van der Waals surface area contributed by atoms with Crippen molar-refractivity contribution >= 4 is 33.4 Å². The third kappa shape index (κ3) is 3.10. The first kappa shape index (κ1) is 15.2. The molecular formula is C18H15NO3S. The summed E-state index contributed by atoms with van der Waals surface area (Å²) in [4.78, 5) is 16.6. The molecule has 0 bridgehead atoms. The first-order chi connectivity index (χ1) is 11.1. The van der Waals surface area contributed by atoms with Crippen LogP contribution in [0.25, 0.3) is 16.3 Å². The van der Waals surface area contributed by atoms with E-state index in [4.69, 9.17) is 4.74 Å². The van der Waals surface area contributed by atoms with E-state index in [9.17, 15) is 9.90 Å². The molecule has 0 saturated carbocycles. The van der Waals surface area contributed by atoms with E-state index in [0.717, 1.165) is 15.8 Å². The van der Waals surface area contributed by atoms with Gasteiger partial charge in [0.15, 0.2) is 16.5 Å². The van der Waals surface area contributed by atoms with Crippen LogP contribution in [0.5, 0.6) is 11.5 Å². The molecule has 0 fully saturated rings. The lowest BCUT2D eigenvalue weighted by Gasteiger charge is -2.07. The quantitative estimate of drug-likeness (QED) is 0.576. The first-order valence-electron chi connectivity index (χ1n) is 7.04. The van der Waals surface area contributed by atoms with E-state index in [1.807, 2.05) is 24.3 Å². The fourth-order valence-electron chi connectivity index (χ4n) is 2.25. The zero-order valence-electron chi connectivity index (χ0n) is 12.7. The van der Waals surface area contributed by atoms with Crippen molar-refractivity contribution < 1.29 is 14.6 Å². The fraction of sp³-hybridized carbons (Fsp3) is 0.111. The number of methoxy groups -OCH3 is 1. The van der Waals surface area contributed by atoms with Crippen LogP contribution < -0.4 is 4.74 Å². The molecule has 0 aliphatic rings. The Morgan fingerprint density at radius 1 is 1.30 bits per heavy atom. The van der Waals surface area contributed by atoms with Gasteiger partial charge in [-0.25, -0.2) is 4.98 Å². The molecule has 0 amide bonds. The minimum absolute atomic E-state index is 0.113. The van der Waals surface area contributed by atoms with Crippen molar-refractivity contribution in [1.29, 1.82) is 0 Å². The lowest BCUT2D eigenvalue weighted by molar-refractivity contribution is 0.104. The normalized spacial score (nSPS) is 11.2. The van der Waals surface area contributed by atoms with E-state index < -0.39 is 0 Å². The number of benzene rings is 2. The molecule has 0 spiro atoms. The lowest BCUT2D eigenvalue weighted by atomic mass is 10.1. The number of carbonyl (C=O) groups is 1. The Kier molecular flexibility index (Phi) is 4.12. The summed E-state index contributed by atoms with van der Waals surface area (Å²) in [6, 6.07) is 11.1. The van der Waals surface area contributed by atoms with Crippen molar-refractivity contribution in [3.8, 4) is 11.5 Å². The maximum absolute atomic E-state index is 12.3. The molecule has 0 radical (unpaired) electrons. The van der Waals surface area contributed by atoms with E-state index in [-0.39, 0.29) is 11.5 Å². The molecule has 23 heavy (non-hydrogen) atoms. The van der Waals surface area contributed by atoms with E-state index in [1.165, 1.54) is 24.5 Å². The number of phenolic OH excluding ortho intramolecular Hbond substituents is 1. The Hall–Kier alpha value is -2.66. The summed E-state index contributed by atoms with van der Waals surface area (Å²) in [6.07, 6.45) is 3.19. The molecule has 4 nitrogen and oxygen atoms in total. The van der Waals surface area contributed by atoms with Gasteiger partial charge in [0.1, 0.15) is 0 Å². The van der Waals surface area contributed by atoms with Crippen LogP contribution in [0, 0.1) is 6.92 Å².